The van der Waals surface area contributed by atoms with Crippen LogP contribution in [0.1, 0.15) is 11.1 Å². The zero-order valence-electron chi connectivity index (χ0n) is 6.92. The summed E-state index contributed by atoms with van der Waals surface area (Å²) in [6.45, 7) is 3.74. The molecule has 0 saturated heterocycles. The van der Waals surface area contributed by atoms with Crippen LogP contribution in [0.3, 0.4) is 0 Å². The molecule has 0 saturated carbocycles. The van der Waals surface area contributed by atoms with Gasteiger partial charge in [-0.25, -0.2) is 0 Å². The number of halogens is 1. The van der Waals surface area contributed by atoms with E-state index in [0.29, 0.717) is 0 Å². The Kier molecular flexibility index (Phi) is 3.23. The highest BCUT2D eigenvalue weighted by Gasteiger charge is 1.99. The maximum absolute atomic E-state index is 3.96. The first-order chi connectivity index (χ1) is 5.79. The largest absolute Gasteiger partial charge is 0.296 e. The highest BCUT2D eigenvalue weighted by atomic mass is 79.9. The smallest absolute Gasteiger partial charge is 0.0287 e. The molecule has 1 aromatic carbocycles. The zero-order valence-corrected chi connectivity index (χ0v) is 8.51. The average Bonchev–Trinajstić information content (AvgIpc) is 2.05. The van der Waals surface area contributed by atoms with Crippen molar-refractivity contribution in [2.24, 2.45) is 4.99 Å². The van der Waals surface area contributed by atoms with Crippen molar-refractivity contribution in [2.45, 2.75) is 0 Å². The third-order valence-corrected chi connectivity index (χ3v) is 2.25. The van der Waals surface area contributed by atoms with Crippen LogP contribution in [0.25, 0.3) is 6.08 Å². The van der Waals surface area contributed by atoms with E-state index in [1.165, 1.54) is 0 Å². The first-order valence-electron chi connectivity index (χ1n) is 3.62. The lowest BCUT2D eigenvalue weighted by atomic mass is 10.1. The van der Waals surface area contributed by atoms with Crippen LogP contribution in [0.4, 0.5) is 0 Å². The Morgan fingerprint density at radius 2 is 2.25 bits per heavy atom. The molecule has 0 bridgehead atoms. The summed E-state index contributed by atoms with van der Waals surface area (Å²) in [6, 6.07) is 5.98. The average molecular weight is 224 g/mol. The Bertz CT molecular complexity index is 316. The van der Waals surface area contributed by atoms with Gasteiger partial charge in [0.2, 0.25) is 0 Å². The molecule has 0 heterocycles. The fourth-order valence-electron chi connectivity index (χ4n) is 1.02. The van der Waals surface area contributed by atoms with E-state index in [2.05, 4.69) is 27.5 Å². The molecule has 0 amide bonds. The van der Waals surface area contributed by atoms with Gasteiger partial charge in [-0.1, -0.05) is 40.7 Å². The predicted molar refractivity (Wildman–Crippen MR) is 57.8 cm³/mol. The van der Waals surface area contributed by atoms with Crippen LogP contribution in [0.2, 0.25) is 0 Å². The first-order valence-corrected chi connectivity index (χ1v) is 4.42. The SMILES string of the molecule is C=Cc1c(Br)cccc1C=NC. The van der Waals surface area contributed by atoms with Crippen LogP contribution in [0.15, 0.2) is 34.2 Å². The predicted octanol–water partition coefficient (Wildman–Crippen LogP) is 3.14. The summed E-state index contributed by atoms with van der Waals surface area (Å²) >= 11 is 3.44. The number of benzene rings is 1. The monoisotopic (exact) mass is 223 g/mol. The van der Waals surface area contributed by atoms with Crippen LogP contribution < -0.4 is 0 Å². The molecule has 2 heteroatoms. The fraction of sp³-hybridized carbons (Fsp3) is 0.100. The molecule has 12 heavy (non-hydrogen) atoms. The number of nitrogens with zero attached hydrogens (tertiary/aromatic N) is 1. The standard InChI is InChI=1S/C10H10BrN/c1-3-9-8(7-12-2)5-4-6-10(9)11/h3-7H,1H2,2H3. The molecule has 0 atom stereocenters. The topological polar surface area (TPSA) is 12.4 Å². The summed E-state index contributed by atoms with van der Waals surface area (Å²) in [4.78, 5) is 3.96. The molecule has 0 aliphatic carbocycles. The molecule has 1 rings (SSSR count). The quantitative estimate of drug-likeness (QED) is 0.684. The Balaban J connectivity index is 3.27. The van der Waals surface area contributed by atoms with Crippen molar-refractivity contribution in [3.8, 4) is 0 Å². The van der Waals surface area contributed by atoms with Crippen molar-refractivity contribution in [3.63, 3.8) is 0 Å². The van der Waals surface area contributed by atoms with Crippen molar-refractivity contribution < 1.29 is 0 Å². The van der Waals surface area contributed by atoms with Gasteiger partial charge in [0.1, 0.15) is 0 Å². The third-order valence-electron chi connectivity index (χ3n) is 1.56. The second-order valence-corrected chi connectivity index (χ2v) is 3.19. The second kappa shape index (κ2) is 4.21. The van der Waals surface area contributed by atoms with Crippen molar-refractivity contribution in [3.05, 3.63) is 40.4 Å². The number of hydrogen-bond donors (Lipinski definition) is 0. The van der Waals surface area contributed by atoms with Gasteiger partial charge in [-0.2, -0.15) is 0 Å². The number of rotatable bonds is 2. The van der Waals surface area contributed by atoms with Crippen molar-refractivity contribution >= 4 is 28.2 Å². The van der Waals surface area contributed by atoms with E-state index in [-0.39, 0.29) is 0 Å². The lowest BCUT2D eigenvalue weighted by molar-refractivity contribution is 1.45. The fourth-order valence-corrected chi connectivity index (χ4v) is 1.56. The van der Waals surface area contributed by atoms with Crippen molar-refractivity contribution in [2.75, 3.05) is 7.05 Å². The van der Waals surface area contributed by atoms with Crippen molar-refractivity contribution in [1.29, 1.82) is 0 Å². The maximum atomic E-state index is 3.96. The molecule has 0 unspecified atom stereocenters. The molecule has 0 radical (unpaired) electrons. The van der Waals surface area contributed by atoms with E-state index < -0.39 is 0 Å². The van der Waals surface area contributed by atoms with Crippen LogP contribution in [-0.2, 0) is 0 Å². The highest BCUT2D eigenvalue weighted by Crippen LogP contribution is 2.20. The van der Waals surface area contributed by atoms with Gasteiger partial charge in [-0.05, 0) is 11.6 Å². The van der Waals surface area contributed by atoms with E-state index >= 15 is 0 Å². The van der Waals surface area contributed by atoms with Gasteiger partial charge in [0.25, 0.3) is 0 Å². The van der Waals surface area contributed by atoms with Crippen LogP contribution >= 0.6 is 15.9 Å². The molecule has 0 fully saturated rings. The van der Waals surface area contributed by atoms with Gasteiger partial charge >= 0.3 is 0 Å². The van der Waals surface area contributed by atoms with Crippen LogP contribution in [-0.4, -0.2) is 13.3 Å². The van der Waals surface area contributed by atoms with Crippen LogP contribution in [0.5, 0.6) is 0 Å². The second-order valence-electron chi connectivity index (χ2n) is 2.33. The van der Waals surface area contributed by atoms with Gasteiger partial charge < -0.3 is 0 Å². The summed E-state index contributed by atoms with van der Waals surface area (Å²) in [5, 5.41) is 0. The minimum atomic E-state index is 1.05. The lowest BCUT2D eigenvalue weighted by Gasteiger charge is -2.01. The summed E-state index contributed by atoms with van der Waals surface area (Å²) in [7, 11) is 1.76. The molecule has 1 aromatic rings. The Hall–Kier alpha value is -0.890. The van der Waals surface area contributed by atoms with E-state index in [1.54, 1.807) is 7.05 Å². The summed E-state index contributed by atoms with van der Waals surface area (Å²) in [5.41, 5.74) is 2.17. The number of aliphatic imine (C=N–C) groups is 1. The Morgan fingerprint density at radius 3 is 2.83 bits per heavy atom. The first kappa shape index (κ1) is 9.20. The van der Waals surface area contributed by atoms with Gasteiger partial charge in [-0.3, -0.25) is 4.99 Å². The molecular weight excluding hydrogens is 214 g/mol. The van der Waals surface area contributed by atoms with Crippen molar-refractivity contribution in [1.82, 2.24) is 0 Å². The van der Waals surface area contributed by atoms with Gasteiger partial charge in [-0.15, -0.1) is 0 Å². The molecule has 0 N–H and O–H groups in total. The van der Waals surface area contributed by atoms with Gasteiger partial charge in [0.05, 0.1) is 0 Å². The summed E-state index contributed by atoms with van der Waals surface area (Å²) in [6.07, 6.45) is 3.64. The molecule has 0 aliphatic rings. The Morgan fingerprint density at radius 1 is 1.50 bits per heavy atom. The number of hydrogen-bond acceptors (Lipinski definition) is 1. The molecule has 0 spiro atoms. The van der Waals surface area contributed by atoms with E-state index in [4.69, 9.17) is 0 Å². The zero-order chi connectivity index (χ0) is 8.97. The maximum Gasteiger partial charge on any atom is 0.0287 e. The van der Waals surface area contributed by atoms with E-state index in [0.717, 1.165) is 15.6 Å². The van der Waals surface area contributed by atoms with Crippen LogP contribution in [0, 0.1) is 0 Å². The summed E-state index contributed by atoms with van der Waals surface area (Å²) < 4.78 is 1.05. The highest BCUT2D eigenvalue weighted by molar-refractivity contribution is 9.10. The molecule has 62 valence electrons. The lowest BCUT2D eigenvalue weighted by Crippen LogP contribution is -1.87. The van der Waals surface area contributed by atoms with E-state index in [1.807, 2.05) is 30.5 Å². The normalized spacial score (nSPS) is 10.5. The molecule has 0 aliphatic heterocycles. The molecule has 0 aromatic heterocycles. The molecular formula is C10H10BrN. The Labute approximate surface area is 81.0 Å². The minimum Gasteiger partial charge on any atom is -0.296 e. The van der Waals surface area contributed by atoms with E-state index in [9.17, 15) is 0 Å². The summed E-state index contributed by atoms with van der Waals surface area (Å²) in [5.74, 6) is 0. The van der Waals surface area contributed by atoms with Gasteiger partial charge in [0, 0.05) is 23.3 Å². The molecule has 1 nitrogen and oxygen atoms in total. The third kappa shape index (κ3) is 1.83. The van der Waals surface area contributed by atoms with Gasteiger partial charge in [0.15, 0.2) is 0 Å². The minimum absolute atomic E-state index is 1.05.